The topological polar surface area (TPSA) is 43.4 Å². The standard InChI is InChI=1S/C10H14O3/c1-6-8(13-4)7(11)5-10(2,3)9(6)12/h5H2,1-4H3. The van der Waals surface area contributed by atoms with Gasteiger partial charge < -0.3 is 4.74 Å². The highest BCUT2D eigenvalue weighted by molar-refractivity contribution is 6.12. The summed E-state index contributed by atoms with van der Waals surface area (Å²) >= 11 is 0. The number of hydrogen-bond donors (Lipinski definition) is 0. The van der Waals surface area contributed by atoms with Crippen molar-refractivity contribution in [3.05, 3.63) is 11.3 Å². The molecule has 0 aromatic rings. The van der Waals surface area contributed by atoms with Gasteiger partial charge in [-0.25, -0.2) is 0 Å². The van der Waals surface area contributed by atoms with Gasteiger partial charge in [-0.05, 0) is 6.92 Å². The van der Waals surface area contributed by atoms with E-state index in [0.717, 1.165) is 0 Å². The van der Waals surface area contributed by atoms with Crippen LogP contribution in [0.2, 0.25) is 0 Å². The summed E-state index contributed by atoms with van der Waals surface area (Å²) in [6.45, 7) is 5.20. The first-order chi connectivity index (χ1) is 5.90. The second-order valence-corrected chi connectivity index (χ2v) is 3.97. The molecule has 0 aliphatic heterocycles. The predicted octanol–water partition coefficient (Wildman–Crippen LogP) is 1.47. The fraction of sp³-hybridized carbons (Fsp3) is 0.600. The maximum atomic E-state index is 11.7. The van der Waals surface area contributed by atoms with E-state index in [0.29, 0.717) is 5.57 Å². The van der Waals surface area contributed by atoms with Crippen LogP contribution >= 0.6 is 0 Å². The number of Topliss-reactive ketones (excluding diaryl/α,β-unsaturated/α-hetero) is 2. The third kappa shape index (κ3) is 1.50. The van der Waals surface area contributed by atoms with Crippen LogP contribution in [0.3, 0.4) is 0 Å². The van der Waals surface area contributed by atoms with Crippen LogP contribution in [0.4, 0.5) is 0 Å². The summed E-state index contributed by atoms with van der Waals surface area (Å²) in [4.78, 5) is 23.1. The van der Waals surface area contributed by atoms with Crippen LogP contribution < -0.4 is 0 Å². The van der Waals surface area contributed by atoms with Crippen LogP contribution in [-0.2, 0) is 14.3 Å². The highest BCUT2D eigenvalue weighted by Crippen LogP contribution is 2.33. The smallest absolute Gasteiger partial charge is 0.198 e. The van der Waals surface area contributed by atoms with Crippen molar-refractivity contribution in [2.45, 2.75) is 27.2 Å². The Kier molecular flexibility index (Phi) is 2.28. The minimum Gasteiger partial charge on any atom is -0.493 e. The second kappa shape index (κ2) is 2.98. The Morgan fingerprint density at radius 3 is 2.31 bits per heavy atom. The van der Waals surface area contributed by atoms with Gasteiger partial charge in [0.25, 0.3) is 0 Å². The molecule has 1 aliphatic carbocycles. The van der Waals surface area contributed by atoms with Gasteiger partial charge in [0.2, 0.25) is 0 Å². The first kappa shape index (κ1) is 9.96. The number of ether oxygens (including phenoxy) is 1. The average molecular weight is 182 g/mol. The Bertz CT molecular complexity index is 297. The lowest BCUT2D eigenvalue weighted by atomic mass is 9.75. The minimum absolute atomic E-state index is 0.00366. The van der Waals surface area contributed by atoms with Gasteiger partial charge in [-0.15, -0.1) is 0 Å². The molecule has 0 unspecified atom stereocenters. The van der Waals surface area contributed by atoms with Gasteiger partial charge in [-0.3, -0.25) is 9.59 Å². The van der Waals surface area contributed by atoms with Crippen LogP contribution in [0, 0.1) is 5.41 Å². The Morgan fingerprint density at radius 1 is 1.31 bits per heavy atom. The SMILES string of the molecule is COC1=C(C)C(=O)C(C)(C)CC1=O. The average Bonchev–Trinajstić information content (AvgIpc) is 2.01. The molecule has 0 spiro atoms. The summed E-state index contributed by atoms with van der Waals surface area (Å²) < 4.78 is 4.89. The largest absolute Gasteiger partial charge is 0.493 e. The van der Waals surface area contributed by atoms with Crippen LogP contribution in [0.25, 0.3) is 0 Å². The molecule has 1 rings (SSSR count). The van der Waals surface area contributed by atoms with Crippen LogP contribution in [0.5, 0.6) is 0 Å². The number of rotatable bonds is 1. The van der Waals surface area contributed by atoms with Gasteiger partial charge in [0.15, 0.2) is 17.3 Å². The maximum Gasteiger partial charge on any atom is 0.198 e. The molecule has 0 aromatic heterocycles. The fourth-order valence-electron chi connectivity index (χ4n) is 1.65. The first-order valence-corrected chi connectivity index (χ1v) is 4.23. The molecule has 0 heterocycles. The highest BCUT2D eigenvalue weighted by atomic mass is 16.5. The number of allylic oxidation sites excluding steroid dienone is 2. The molecule has 13 heavy (non-hydrogen) atoms. The lowest BCUT2D eigenvalue weighted by Crippen LogP contribution is -2.34. The van der Waals surface area contributed by atoms with Gasteiger partial charge in [0.1, 0.15) is 0 Å². The Balaban J connectivity index is 3.19. The highest BCUT2D eigenvalue weighted by Gasteiger charge is 2.39. The maximum absolute atomic E-state index is 11.7. The van der Waals surface area contributed by atoms with Gasteiger partial charge in [0, 0.05) is 17.4 Å². The number of methoxy groups -OCH3 is 1. The zero-order chi connectivity index (χ0) is 10.2. The molecule has 3 nitrogen and oxygen atoms in total. The number of ketones is 2. The quantitative estimate of drug-likeness (QED) is 0.616. The van der Waals surface area contributed by atoms with Gasteiger partial charge >= 0.3 is 0 Å². The number of carbonyl (C=O) groups excluding carboxylic acids is 2. The molecule has 0 bridgehead atoms. The van der Waals surface area contributed by atoms with Crippen molar-refractivity contribution < 1.29 is 14.3 Å². The van der Waals surface area contributed by atoms with Crippen molar-refractivity contribution in [3.8, 4) is 0 Å². The lowest BCUT2D eigenvalue weighted by molar-refractivity contribution is -0.132. The molecule has 72 valence electrons. The Hall–Kier alpha value is -1.12. The van der Waals surface area contributed by atoms with E-state index in [-0.39, 0.29) is 23.7 Å². The van der Waals surface area contributed by atoms with E-state index in [9.17, 15) is 9.59 Å². The molecule has 0 atom stereocenters. The molecule has 0 N–H and O–H groups in total. The van der Waals surface area contributed by atoms with E-state index in [4.69, 9.17) is 4.74 Å². The zero-order valence-corrected chi connectivity index (χ0v) is 8.43. The Morgan fingerprint density at radius 2 is 1.85 bits per heavy atom. The molecule has 0 fully saturated rings. The summed E-state index contributed by atoms with van der Waals surface area (Å²) in [5.41, 5.74) is -0.118. The molecular formula is C10H14O3. The van der Waals surface area contributed by atoms with Gasteiger partial charge in [-0.1, -0.05) is 13.8 Å². The summed E-state index contributed by atoms with van der Waals surface area (Å²) in [6.07, 6.45) is 0.242. The molecular weight excluding hydrogens is 168 g/mol. The van der Waals surface area contributed by atoms with E-state index >= 15 is 0 Å². The zero-order valence-electron chi connectivity index (χ0n) is 8.43. The molecule has 0 saturated carbocycles. The van der Waals surface area contributed by atoms with E-state index in [1.165, 1.54) is 7.11 Å². The molecule has 1 aliphatic rings. The van der Waals surface area contributed by atoms with Crippen LogP contribution in [0.1, 0.15) is 27.2 Å². The third-order valence-corrected chi connectivity index (χ3v) is 2.36. The summed E-state index contributed by atoms with van der Waals surface area (Å²) in [6, 6.07) is 0. The van der Waals surface area contributed by atoms with Crippen molar-refractivity contribution in [3.63, 3.8) is 0 Å². The molecule has 0 amide bonds. The summed E-state index contributed by atoms with van der Waals surface area (Å²) in [7, 11) is 1.42. The second-order valence-electron chi connectivity index (χ2n) is 3.97. The first-order valence-electron chi connectivity index (χ1n) is 4.23. The van der Waals surface area contributed by atoms with Crippen molar-refractivity contribution in [2.75, 3.05) is 7.11 Å². The lowest BCUT2D eigenvalue weighted by Gasteiger charge is -2.28. The summed E-state index contributed by atoms with van der Waals surface area (Å²) in [5.74, 6) is 0.151. The third-order valence-electron chi connectivity index (χ3n) is 2.36. The van der Waals surface area contributed by atoms with Crippen molar-refractivity contribution in [1.29, 1.82) is 0 Å². The van der Waals surface area contributed by atoms with Crippen molar-refractivity contribution in [1.82, 2.24) is 0 Å². The van der Waals surface area contributed by atoms with Crippen molar-refractivity contribution >= 4 is 11.6 Å². The predicted molar refractivity (Wildman–Crippen MR) is 48.1 cm³/mol. The molecule has 0 saturated heterocycles. The molecule has 0 radical (unpaired) electrons. The number of hydrogen-bond acceptors (Lipinski definition) is 3. The van der Waals surface area contributed by atoms with Gasteiger partial charge in [-0.2, -0.15) is 0 Å². The van der Waals surface area contributed by atoms with E-state index in [1.54, 1.807) is 20.8 Å². The van der Waals surface area contributed by atoms with E-state index < -0.39 is 5.41 Å². The van der Waals surface area contributed by atoms with E-state index in [2.05, 4.69) is 0 Å². The minimum atomic E-state index is -0.566. The normalized spacial score (nSPS) is 22.2. The molecule has 3 heteroatoms. The Labute approximate surface area is 77.8 Å². The summed E-state index contributed by atoms with van der Waals surface area (Å²) in [5, 5.41) is 0. The number of carbonyl (C=O) groups is 2. The fourth-order valence-corrected chi connectivity index (χ4v) is 1.65. The van der Waals surface area contributed by atoms with Crippen LogP contribution in [0.15, 0.2) is 11.3 Å². The van der Waals surface area contributed by atoms with Crippen molar-refractivity contribution in [2.24, 2.45) is 5.41 Å². The van der Waals surface area contributed by atoms with E-state index in [1.807, 2.05) is 0 Å². The monoisotopic (exact) mass is 182 g/mol. The molecule has 0 aromatic carbocycles. The van der Waals surface area contributed by atoms with Crippen LogP contribution in [-0.4, -0.2) is 18.7 Å². The van der Waals surface area contributed by atoms with Gasteiger partial charge in [0.05, 0.1) is 7.11 Å².